The number of methoxy groups -OCH3 is 1. The van der Waals surface area contributed by atoms with Gasteiger partial charge in [-0.15, -0.1) is 11.3 Å². The maximum Gasteiger partial charge on any atom is 0.266 e. The molecule has 3 aromatic rings. The lowest BCUT2D eigenvalue weighted by Gasteiger charge is -2.17. The van der Waals surface area contributed by atoms with E-state index in [1.54, 1.807) is 53.7 Å². The van der Waals surface area contributed by atoms with Crippen LogP contribution in [-0.4, -0.2) is 41.8 Å². The van der Waals surface area contributed by atoms with E-state index >= 15 is 0 Å². The topological polar surface area (TPSA) is 93.5 Å². The number of thiophene rings is 1. The Bertz CT molecular complexity index is 1130. The molecule has 0 saturated carbocycles. The number of benzene rings is 1. The van der Waals surface area contributed by atoms with Gasteiger partial charge in [0, 0.05) is 31.3 Å². The number of aromatic nitrogens is 2. The van der Waals surface area contributed by atoms with Crippen molar-refractivity contribution in [1.29, 1.82) is 0 Å². The third-order valence-electron chi connectivity index (χ3n) is 5.14. The number of amides is 2. The minimum absolute atomic E-state index is 0.0909. The second-order valence-corrected chi connectivity index (χ2v) is 8.10. The molecule has 1 aromatic carbocycles. The zero-order chi connectivity index (χ0) is 21.8. The van der Waals surface area contributed by atoms with Crippen LogP contribution in [0.3, 0.4) is 0 Å². The Labute approximate surface area is 183 Å². The number of rotatable bonds is 7. The van der Waals surface area contributed by atoms with E-state index < -0.39 is 5.92 Å². The summed E-state index contributed by atoms with van der Waals surface area (Å²) in [7, 11) is 1.58. The molecule has 1 aliphatic rings. The number of anilines is 1. The molecule has 3 heterocycles. The van der Waals surface area contributed by atoms with Crippen molar-refractivity contribution in [2.45, 2.75) is 13.0 Å². The average molecular weight is 439 g/mol. The van der Waals surface area contributed by atoms with Crippen LogP contribution in [0, 0.1) is 5.92 Å². The molecule has 1 N–H and O–H groups in total. The highest BCUT2D eigenvalue weighted by Gasteiger charge is 2.34. The molecule has 8 nitrogen and oxygen atoms in total. The first-order chi connectivity index (χ1) is 15.0. The number of carbonyl (C=O) groups excluding carboxylic acids is 2. The van der Waals surface area contributed by atoms with Crippen LogP contribution in [0.25, 0.3) is 10.6 Å². The van der Waals surface area contributed by atoms with E-state index in [0.717, 1.165) is 16.3 Å². The first-order valence-electron chi connectivity index (χ1n) is 9.89. The zero-order valence-corrected chi connectivity index (χ0v) is 17.8. The van der Waals surface area contributed by atoms with Crippen LogP contribution in [0.15, 0.2) is 58.7 Å². The van der Waals surface area contributed by atoms with Crippen LogP contribution in [0.4, 0.5) is 5.69 Å². The molecule has 1 atom stereocenters. The number of hydrogen-bond acceptors (Lipinski definition) is 6. The smallest absolute Gasteiger partial charge is 0.266 e. The molecule has 0 radical (unpaired) electrons. The molecule has 9 heteroatoms. The summed E-state index contributed by atoms with van der Waals surface area (Å²) in [5, 5.41) is 9.16. The first-order valence-corrected chi connectivity index (χ1v) is 10.8. The van der Waals surface area contributed by atoms with Crippen molar-refractivity contribution in [1.82, 2.24) is 15.1 Å². The molecular weight excluding hydrogens is 416 g/mol. The normalized spacial score (nSPS) is 15.8. The number of ether oxygens (including phenoxy) is 1. The highest BCUT2D eigenvalue weighted by molar-refractivity contribution is 7.13. The Morgan fingerprint density at radius 2 is 2.00 bits per heavy atom. The SMILES string of the molecule is COc1ccc(N2CC(C(=O)NCCn3nc(-c4cccs4)ccc3=O)CC2=O)cc1. The predicted molar refractivity (Wildman–Crippen MR) is 118 cm³/mol. The van der Waals surface area contributed by atoms with E-state index in [4.69, 9.17) is 4.74 Å². The van der Waals surface area contributed by atoms with E-state index in [0.29, 0.717) is 12.3 Å². The molecule has 2 aromatic heterocycles. The Morgan fingerprint density at radius 3 is 2.71 bits per heavy atom. The third kappa shape index (κ3) is 4.66. The van der Waals surface area contributed by atoms with Crippen molar-refractivity contribution >= 4 is 28.8 Å². The van der Waals surface area contributed by atoms with Crippen molar-refractivity contribution in [3.8, 4) is 16.3 Å². The molecule has 0 aliphatic carbocycles. The molecule has 0 spiro atoms. The summed E-state index contributed by atoms with van der Waals surface area (Å²) in [6.07, 6.45) is 0.157. The molecule has 1 unspecified atom stereocenters. The van der Waals surface area contributed by atoms with Crippen LogP contribution < -0.4 is 20.5 Å². The van der Waals surface area contributed by atoms with Crippen LogP contribution in [0.2, 0.25) is 0 Å². The summed E-state index contributed by atoms with van der Waals surface area (Å²) in [6, 6.07) is 14.2. The van der Waals surface area contributed by atoms with Gasteiger partial charge in [-0.2, -0.15) is 5.10 Å². The van der Waals surface area contributed by atoms with Crippen molar-refractivity contribution < 1.29 is 14.3 Å². The minimum Gasteiger partial charge on any atom is -0.497 e. The monoisotopic (exact) mass is 438 g/mol. The largest absolute Gasteiger partial charge is 0.497 e. The molecule has 160 valence electrons. The van der Waals surface area contributed by atoms with Crippen LogP contribution >= 0.6 is 11.3 Å². The molecule has 1 fully saturated rings. The van der Waals surface area contributed by atoms with Crippen molar-refractivity contribution in [2.75, 3.05) is 25.1 Å². The van der Waals surface area contributed by atoms with E-state index in [1.165, 1.54) is 10.7 Å². The fourth-order valence-corrected chi connectivity index (χ4v) is 4.18. The van der Waals surface area contributed by atoms with Crippen LogP contribution in [0.5, 0.6) is 5.75 Å². The van der Waals surface area contributed by atoms with Gasteiger partial charge >= 0.3 is 0 Å². The summed E-state index contributed by atoms with van der Waals surface area (Å²) < 4.78 is 6.49. The zero-order valence-electron chi connectivity index (χ0n) is 17.0. The van der Waals surface area contributed by atoms with Gasteiger partial charge in [0.15, 0.2) is 0 Å². The van der Waals surface area contributed by atoms with Crippen LogP contribution in [0.1, 0.15) is 6.42 Å². The number of carbonyl (C=O) groups is 2. The third-order valence-corrected chi connectivity index (χ3v) is 6.04. The molecule has 2 amide bonds. The number of nitrogens with one attached hydrogen (secondary N) is 1. The Balaban J connectivity index is 1.34. The Hall–Kier alpha value is -3.46. The Morgan fingerprint density at radius 1 is 1.19 bits per heavy atom. The quantitative estimate of drug-likeness (QED) is 0.610. The van der Waals surface area contributed by atoms with Gasteiger partial charge in [-0.25, -0.2) is 4.68 Å². The summed E-state index contributed by atoms with van der Waals surface area (Å²) in [4.78, 5) is 39.7. The number of hydrogen-bond donors (Lipinski definition) is 1. The average Bonchev–Trinajstić information content (AvgIpc) is 3.45. The molecule has 1 aliphatic heterocycles. The fraction of sp³-hybridized carbons (Fsp3) is 0.273. The lowest BCUT2D eigenvalue weighted by atomic mass is 10.1. The van der Waals surface area contributed by atoms with Crippen molar-refractivity contribution in [3.63, 3.8) is 0 Å². The number of nitrogens with zero attached hydrogens (tertiary/aromatic N) is 3. The molecule has 4 rings (SSSR count). The highest BCUT2D eigenvalue weighted by atomic mass is 32.1. The summed E-state index contributed by atoms with van der Waals surface area (Å²) in [5.41, 5.74) is 1.23. The summed E-state index contributed by atoms with van der Waals surface area (Å²) in [5.74, 6) is -0.0212. The molecule has 31 heavy (non-hydrogen) atoms. The van der Waals surface area contributed by atoms with Gasteiger partial charge in [0.05, 0.1) is 24.4 Å². The fourth-order valence-electron chi connectivity index (χ4n) is 3.49. The van der Waals surface area contributed by atoms with Gasteiger partial charge in [0.25, 0.3) is 5.56 Å². The van der Waals surface area contributed by atoms with E-state index in [2.05, 4.69) is 10.4 Å². The van der Waals surface area contributed by atoms with E-state index in [1.807, 2.05) is 17.5 Å². The van der Waals surface area contributed by atoms with Gasteiger partial charge in [-0.1, -0.05) is 6.07 Å². The van der Waals surface area contributed by atoms with Crippen molar-refractivity contribution in [3.05, 3.63) is 64.3 Å². The second kappa shape index (κ2) is 9.13. The van der Waals surface area contributed by atoms with Crippen molar-refractivity contribution in [2.24, 2.45) is 5.92 Å². The standard InChI is InChI=1S/C22H22N4O4S/c1-30-17-6-4-16(5-7-17)25-14-15(13-21(25)28)22(29)23-10-11-26-20(27)9-8-18(24-26)19-3-2-12-31-19/h2-9,12,15H,10-11,13-14H2,1H3,(H,23,29). The van der Waals surface area contributed by atoms with Gasteiger partial charge in [-0.05, 0) is 41.8 Å². The predicted octanol–water partition coefficient (Wildman–Crippen LogP) is 2.15. The van der Waals surface area contributed by atoms with E-state index in [-0.39, 0.29) is 36.9 Å². The van der Waals surface area contributed by atoms with Gasteiger partial charge in [0.1, 0.15) is 11.4 Å². The molecule has 1 saturated heterocycles. The summed E-state index contributed by atoms with van der Waals surface area (Å²) in [6.45, 7) is 0.836. The van der Waals surface area contributed by atoms with Gasteiger partial charge in [0.2, 0.25) is 11.8 Å². The van der Waals surface area contributed by atoms with Gasteiger partial charge < -0.3 is 15.0 Å². The molecular formula is C22H22N4O4S. The van der Waals surface area contributed by atoms with E-state index in [9.17, 15) is 14.4 Å². The lowest BCUT2D eigenvalue weighted by Crippen LogP contribution is -2.36. The van der Waals surface area contributed by atoms with Crippen LogP contribution in [-0.2, 0) is 16.1 Å². The lowest BCUT2D eigenvalue weighted by molar-refractivity contribution is -0.126. The first kappa shape index (κ1) is 20.8. The molecule has 0 bridgehead atoms. The maximum atomic E-state index is 12.6. The Kier molecular flexibility index (Phi) is 6.13. The highest BCUT2D eigenvalue weighted by Crippen LogP contribution is 2.27. The summed E-state index contributed by atoms with van der Waals surface area (Å²) >= 11 is 1.55. The maximum absolute atomic E-state index is 12.6. The van der Waals surface area contributed by atoms with Gasteiger partial charge in [-0.3, -0.25) is 14.4 Å². The second-order valence-electron chi connectivity index (χ2n) is 7.15. The minimum atomic E-state index is -0.434.